The van der Waals surface area contributed by atoms with E-state index in [4.69, 9.17) is 0 Å². The van der Waals surface area contributed by atoms with Crippen LogP contribution in [0.25, 0.3) is 0 Å². The van der Waals surface area contributed by atoms with Crippen molar-refractivity contribution in [3.63, 3.8) is 0 Å². The number of rotatable bonds is 7. The third kappa shape index (κ3) is 5.29. The van der Waals surface area contributed by atoms with Gasteiger partial charge < -0.3 is 15.2 Å². The molecule has 0 aliphatic rings. The molecule has 0 unspecified atom stereocenters. The molecule has 1 atom stereocenters. The van der Waals surface area contributed by atoms with E-state index in [1.807, 2.05) is 0 Å². The van der Waals surface area contributed by atoms with Crippen LogP contribution in [0.3, 0.4) is 0 Å². The number of carbonyl (C=O) groups excluding carboxylic acids is 1. The maximum absolute atomic E-state index is 10.9. The van der Waals surface area contributed by atoms with E-state index >= 15 is 0 Å². The molecule has 1 aromatic rings. The van der Waals surface area contributed by atoms with Gasteiger partial charge in [0.05, 0.1) is 27.9 Å². The molecule has 0 spiro atoms. The van der Waals surface area contributed by atoms with Crippen molar-refractivity contribution < 1.29 is 49.3 Å². The minimum atomic E-state index is -1.39. The van der Waals surface area contributed by atoms with Gasteiger partial charge in [-0.15, -0.1) is 0 Å². The van der Waals surface area contributed by atoms with Crippen LogP contribution in [0.4, 0.5) is 17.1 Å². The summed E-state index contributed by atoms with van der Waals surface area (Å²) in [5.41, 5.74) is -1.09. The van der Waals surface area contributed by atoms with Crippen LogP contribution in [-0.4, -0.2) is 21.9 Å². The van der Waals surface area contributed by atoms with Crippen molar-refractivity contribution in [2.45, 2.75) is 25.8 Å². The number of hydrogen-bond acceptors (Lipinski definition) is 7. The number of anilines is 1. The number of nitrogens with zero attached hydrogens (tertiary/aromatic N) is 2. The Morgan fingerprint density at radius 1 is 1.29 bits per heavy atom. The topological polar surface area (TPSA) is 138 Å². The summed E-state index contributed by atoms with van der Waals surface area (Å²) in [5.74, 6) is -1.39. The van der Waals surface area contributed by atoms with Gasteiger partial charge in [0.1, 0.15) is 5.69 Å². The molecule has 9 nitrogen and oxygen atoms in total. The van der Waals surface area contributed by atoms with Crippen molar-refractivity contribution in [2.24, 2.45) is 0 Å². The van der Waals surface area contributed by atoms with E-state index in [0.29, 0.717) is 6.42 Å². The molecule has 0 aliphatic heterocycles. The van der Waals surface area contributed by atoms with Gasteiger partial charge in [-0.3, -0.25) is 20.2 Å². The Bertz CT molecular complexity index is 551. The summed E-state index contributed by atoms with van der Waals surface area (Å²) >= 11 is 0. The van der Waals surface area contributed by atoms with Gasteiger partial charge in [-0.1, -0.05) is 13.3 Å². The Morgan fingerprint density at radius 3 is 2.33 bits per heavy atom. The van der Waals surface area contributed by atoms with Crippen LogP contribution in [0.5, 0.6) is 0 Å². The van der Waals surface area contributed by atoms with Crippen molar-refractivity contribution in [3.05, 3.63) is 38.4 Å². The predicted octanol–water partition coefficient (Wildman–Crippen LogP) is -2.16. The first-order chi connectivity index (χ1) is 9.36. The van der Waals surface area contributed by atoms with Crippen molar-refractivity contribution in [1.82, 2.24) is 0 Å². The molecular weight excluding hydrogens is 293 g/mol. The van der Waals surface area contributed by atoms with E-state index in [0.717, 1.165) is 18.2 Å². The fraction of sp³-hybridized carbons (Fsp3) is 0.364. The first-order valence-corrected chi connectivity index (χ1v) is 5.77. The molecule has 0 fully saturated rings. The number of carboxylic acid groups (broad SMARTS) is 1. The SMILES string of the molecule is CCC[C@H](Nc1ccc([N+](=O)[O-])cc1[N+](=O)[O-])C(=O)[O-].[Na+]. The first-order valence-electron chi connectivity index (χ1n) is 5.77. The van der Waals surface area contributed by atoms with E-state index in [9.17, 15) is 30.1 Å². The largest absolute Gasteiger partial charge is 1.00 e. The number of aliphatic carboxylic acids is 1. The first kappa shape index (κ1) is 19.3. The van der Waals surface area contributed by atoms with E-state index in [-0.39, 0.29) is 41.7 Å². The molecule has 0 saturated carbocycles. The zero-order chi connectivity index (χ0) is 15.3. The van der Waals surface area contributed by atoms with Crippen LogP contribution >= 0.6 is 0 Å². The molecule has 0 aromatic heterocycles. The smallest absolute Gasteiger partial charge is 0.548 e. The summed E-state index contributed by atoms with van der Waals surface area (Å²) in [7, 11) is 0. The Labute approximate surface area is 141 Å². The molecular formula is C11H12N3NaO6. The molecule has 108 valence electrons. The molecule has 1 rings (SSSR count). The minimum absolute atomic E-state index is 0. The van der Waals surface area contributed by atoms with Gasteiger partial charge in [0, 0.05) is 6.07 Å². The van der Waals surface area contributed by atoms with Gasteiger partial charge in [0.15, 0.2) is 0 Å². The molecule has 0 bridgehead atoms. The fourth-order valence-corrected chi connectivity index (χ4v) is 1.63. The zero-order valence-electron chi connectivity index (χ0n) is 11.6. The number of nitro groups is 2. The second-order valence-electron chi connectivity index (χ2n) is 4.02. The van der Waals surface area contributed by atoms with Crippen LogP contribution in [0.15, 0.2) is 18.2 Å². The summed E-state index contributed by atoms with van der Waals surface area (Å²) < 4.78 is 0. The monoisotopic (exact) mass is 305 g/mol. The summed E-state index contributed by atoms with van der Waals surface area (Å²) in [6, 6.07) is 1.86. The second-order valence-corrected chi connectivity index (χ2v) is 4.02. The number of nitrogens with one attached hydrogen (secondary N) is 1. The number of nitro benzene ring substituents is 2. The molecule has 0 amide bonds. The van der Waals surface area contributed by atoms with Crippen LogP contribution in [-0.2, 0) is 4.79 Å². The number of non-ortho nitro benzene ring substituents is 1. The number of benzene rings is 1. The zero-order valence-corrected chi connectivity index (χ0v) is 13.6. The number of carbonyl (C=O) groups is 1. The average molecular weight is 305 g/mol. The van der Waals surface area contributed by atoms with E-state index < -0.39 is 33.2 Å². The molecule has 1 N–H and O–H groups in total. The van der Waals surface area contributed by atoms with E-state index in [2.05, 4.69) is 5.32 Å². The minimum Gasteiger partial charge on any atom is -0.548 e. The van der Waals surface area contributed by atoms with Gasteiger partial charge in [0.25, 0.3) is 11.4 Å². The third-order valence-electron chi connectivity index (χ3n) is 2.58. The number of carboxylic acids is 1. The van der Waals surface area contributed by atoms with Crippen LogP contribution in [0, 0.1) is 20.2 Å². The molecule has 21 heavy (non-hydrogen) atoms. The van der Waals surface area contributed by atoms with Gasteiger partial charge in [-0.2, -0.15) is 0 Å². The normalized spacial score (nSPS) is 11.1. The molecule has 0 aliphatic carbocycles. The maximum Gasteiger partial charge on any atom is 1.00 e. The summed E-state index contributed by atoms with van der Waals surface area (Å²) in [5, 5.41) is 34.8. The van der Waals surface area contributed by atoms with Gasteiger partial charge in [0.2, 0.25) is 0 Å². The molecule has 0 saturated heterocycles. The second kappa shape index (κ2) is 8.55. The van der Waals surface area contributed by atoms with E-state index in [1.165, 1.54) is 0 Å². The van der Waals surface area contributed by atoms with Crippen LogP contribution < -0.4 is 40.0 Å². The standard InChI is InChI=1S/C11H13N3O6.Na/c1-2-3-9(11(15)16)12-8-5-4-7(13(17)18)6-10(8)14(19)20;/h4-6,9,12H,2-3H2,1H3,(H,15,16);/q;+1/p-1/t9-;/m0./s1. The predicted molar refractivity (Wildman–Crippen MR) is 67.1 cm³/mol. The van der Waals surface area contributed by atoms with Crippen molar-refractivity contribution in [2.75, 3.05) is 5.32 Å². The average Bonchev–Trinajstić information content (AvgIpc) is 2.37. The fourth-order valence-electron chi connectivity index (χ4n) is 1.63. The molecule has 10 heteroatoms. The Kier molecular flexibility index (Phi) is 7.85. The van der Waals surface area contributed by atoms with Gasteiger partial charge in [-0.25, -0.2) is 0 Å². The van der Waals surface area contributed by atoms with Crippen molar-refractivity contribution in [1.29, 1.82) is 0 Å². The quantitative estimate of drug-likeness (QED) is 0.344. The summed E-state index contributed by atoms with van der Waals surface area (Å²) in [6.07, 6.45) is 0.753. The van der Waals surface area contributed by atoms with Gasteiger partial charge in [-0.05, 0) is 12.5 Å². The van der Waals surface area contributed by atoms with Crippen molar-refractivity contribution >= 4 is 23.0 Å². The van der Waals surface area contributed by atoms with Crippen LogP contribution in [0.1, 0.15) is 19.8 Å². The Hall–Kier alpha value is -1.71. The maximum atomic E-state index is 10.9. The molecule has 1 aromatic carbocycles. The third-order valence-corrected chi connectivity index (χ3v) is 2.58. The Morgan fingerprint density at radius 2 is 1.90 bits per heavy atom. The van der Waals surface area contributed by atoms with Crippen LogP contribution in [0.2, 0.25) is 0 Å². The summed E-state index contributed by atoms with van der Waals surface area (Å²) in [6.45, 7) is 1.75. The summed E-state index contributed by atoms with van der Waals surface area (Å²) in [4.78, 5) is 30.8. The van der Waals surface area contributed by atoms with E-state index in [1.54, 1.807) is 6.92 Å². The number of hydrogen-bond donors (Lipinski definition) is 1. The van der Waals surface area contributed by atoms with Gasteiger partial charge >= 0.3 is 29.6 Å². The van der Waals surface area contributed by atoms with Crippen molar-refractivity contribution in [3.8, 4) is 0 Å². The molecule has 0 heterocycles. The molecule has 0 radical (unpaired) electrons. The Balaban J connectivity index is 0.00000400.